The lowest BCUT2D eigenvalue weighted by Gasteiger charge is -2.05. The number of carbonyl (C=O) groups is 1. The Morgan fingerprint density at radius 2 is 1.76 bits per heavy atom. The molecule has 0 aliphatic carbocycles. The first-order valence-electron chi connectivity index (χ1n) is 9.20. The van der Waals surface area contributed by atoms with Crippen LogP contribution in [-0.4, -0.2) is 20.8 Å². The standard InChI is InChI=1S/C22H20N4O3/c1-16-12-20(25-29-16)23-21(27)19-14-26(13-17-8-4-2-5-9-17)24-22(19)28-15-18-10-6-3-7-11-18/h2-12,14H,13,15H2,1H3,(H,23,25,27). The topological polar surface area (TPSA) is 82.2 Å². The van der Waals surface area contributed by atoms with Gasteiger partial charge in [-0.05, 0) is 18.1 Å². The first-order chi connectivity index (χ1) is 14.2. The third-order valence-electron chi connectivity index (χ3n) is 4.25. The zero-order chi connectivity index (χ0) is 20.1. The van der Waals surface area contributed by atoms with Crippen molar-refractivity contribution < 1.29 is 14.1 Å². The number of hydrogen-bond donors (Lipinski definition) is 1. The predicted molar refractivity (Wildman–Crippen MR) is 108 cm³/mol. The first kappa shape index (κ1) is 18.5. The monoisotopic (exact) mass is 388 g/mol. The first-order valence-corrected chi connectivity index (χ1v) is 9.20. The number of rotatable bonds is 7. The number of aryl methyl sites for hydroxylation is 1. The number of amides is 1. The van der Waals surface area contributed by atoms with Crippen molar-refractivity contribution in [3.8, 4) is 5.88 Å². The second-order valence-electron chi connectivity index (χ2n) is 6.58. The minimum atomic E-state index is -0.360. The van der Waals surface area contributed by atoms with Crippen LogP contribution in [-0.2, 0) is 13.2 Å². The molecule has 146 valence electrons. The molecule has 0 fully saturated rings. The van der Waals surface area contributed by atoms with Gasteiger partial charge in [-0.3, -0.25) is 9.48 Å². The molecule has 0 aliphatic heterocycles. The summed E-state index contributed by atoms with van der Waals surface area (Å²) in [4.78, 5) is 12.8. The summed E-state index contributed by atoms with van der Waals surface area (Å²) in [7, 11) is 0. The molecular weight excluding hydrogens is 368 g/mol. The number of anilines is 1. The average Bonchev–Trinajstić information content (AvgIpc) is 3.33. The summed E-state index contributed by atoms with van der Waals surface area (Å²) in [5.41, 5.74) is 2.39. The van der Waals surface area contributed by atoms with E-state index in [1.54, 1.807) is 23.9 Å². The van der Waals surface area contributed by atoms with Gasteiger partial charge in [0.2, 0.25) is 5.88 Å². The highest BCUT2D eigenvalue weighted by Crippen LogP contribution is 2.20. The summed E-state index contributed by atoms with van der Waals surface area (Å²) in [6.45, 7) is 2.60. The summed E-state index contributed by atoms with van der Waals surface area (Å²) in [6.07, 6.45) is 1.68. The maximum atomic E-state index is 12.8. The molecule has 0 unspecified atom stereocenters. The zero-order valence-electron chi connectivity index (χ0n) is 15.9. The average molecular weight is 388 g/mol. The van der Waals surface area contributed by atoms with Crippen molar-refractivity contribution in [1.82, 2.24) is 14.9 Å². The van der Waals surface area contributed by atoms with E-state index in [2.05, 4.69) is 15.6 Å². The highest BCUT2D eigenvalue weighted by atomic mass is 16.5. The Balaban J connectivity index is 1.57. The number of aromatic nitrogens is 3. The molecule has 1 N–H and O–H groups in total. The van der Waals surface area contributed by atoms with Gasteiger partial charge in [0.05, 0.1) is 6.54 Å². The molecule has 1 amide bonds. The third kappa shape index (κ3) is 4.70. The lowest BCUT2D eigenvalue weighted by molar-refractivity contribution is 0.102. The van der Waals surface area contributed by atoms with Gasteiger partial charge < -0.3 is 14.6 Å². The lowest BCUT2D eigenvalue weighted by Crippen LogP contribution is -2.13. The van der Waals surface area contributed by atoms with E-state index < -0.39 is 0 Å². The van der Waals surface area contributed by atoms with Gasteiger partial charge in [0.25, 0.3) is 5.91 Å². The Bertz CT molecular complexity index is 1090. The van der Waals surface area contributed by atoms with Crippen LogP contribution in [0, 0.1) is 6.92 Å². The van der Waals surface area contributed by atoms with Crippen LogP contribution in [0.25, 0.3) is 0 Å². The molecule has 2 heterocycles. The van der Waals surface area contributed by atoms with Crippen LogP contribution in [0.5, 0.6) is 5.88 Å². The summed E-state index contributed by atoms with van der Waals surface area (Å²) in [5.74, 6) is 0.862. The fraction of sp³-hybridized carbons (Fsp3) is 0.136. The number of carbonyl (C=O) groups excluding carboxylic acids is 1. The van der Waals surface area contributed by atoms with Gasteiger partial charge in [0, 0.05) is 12.3 Å². The molecule has 2 aromatic carbocycles. The SMILES string of the molecule is Cc1cc(NC(=O)c2cn(Cc3ccccc3)nc2OCc2ccccc2)no1. The predicted octanol–water partition coefficient (Wildman–Crippen LogP) is 4.06. The molecule has 0 saturated carbocycles. The minimum absolute atomic E-state index is 0.266. The Morgan fingerprint density at radius 1 is 1.07 bits per heavy atom. The van der Waals surface area contributed by atoms with Crippen molar-refractivity contribution in [1.29, 1.82) is 0 Å². The van der Waals surface area contributed by atoms with Crippen LogP contribution in [0.15, 0.2) is 77.4 Å². The quantitative estimate of drug-likeness (QED) is 0.516. The van der Waals surface area contributed by atoms with Gasteiger partial charge in [-0.25, -0.2) is 0 Å². The second kappa shape index (κ2) is 8.43. The minimum Gasteiger partial charge on any atom is -0.471 e. The van der Waals surface area contributed by atoms with E-state index >= 15 is 0 Å². The number of benzene rings is 2. The Kier molecular flexibility index (Phi) is 5.38. The van der Waals surface area contributed by atoms with Gasteiger partial charge in [-0.15, -0.1) is 5.10 Å². The summed E-state index contributed by atoms with van der Waals surface area (Å²) in [5, 5.41) is 11.0. The highest BCUT2D eigenvalue weighted by Gasteiger charge is 2.19. The van der Waals surface area contributed by atoms with Crippen molar-refractivity contribution in [2.24, 2.45) is 0 Å². The van der Waals surface area contributed by atoms with E-state index in [-0.39, 0.29) is 11.8 Å². The fourth-order valence-corrected chi connectivity index (χ4v) is 2.85. The van der Waals surface area contributed by atoms with Crippen LogP contribution in [0.2, 0.25) is 0 Å². The van der Waals surface area contributed by atoms with Gasteiger partial charge in [0.1, 0.15) is 17.9 Å². The molecule has 7 heteroatoms. The largest absolute Gasteiger partial charge is 0.471 e. The molecule has 0 saturated heterocycles. The van der Waals surface area contributed by atoms with Crippen molar-refractivity contribution in [3.05, 3.63) is 95.4 Å². The van der Waals surface area contributed by atoms with Gasteiger partial charge >= 0.3 is 0 Å². The van der Waals surface area contributed by atoms with Gasteiger partial charge in [0.15, 0.2) is 5.82 Å². The molecule has 29 heavy (non-hydrogen) atoms. The van der Waals surface area contributed by atoms with Crippen molar-refractivity contribution in [3.63, 3.8) is 0 Å². The van der Waals surface area contributed by atoms with Crippen LogP contribution < -0.4 is 10.1 Å². The summed E-state index contributed by atoms with van der Waals surface area (Å²) in [6, 6.07) is 21.3. The number of nitrogens with one attached hydrogen (secondary N) is 1. The van der Waals surface area contributed by atoms with Crippen molar-refractivity contribution >= 4 is 11.7 Å². The van der Waals surface area contributed by atoms with Crippen LogP contribution in [0.4, 0.5) is 5.82 Å². The van der Waals surface area contributed by atoms with Crippen molar-refractivity contribution in [2.75, 3.05) is 5.32 Å². The Morgan fingerprint density at radius 3 is 2.41 bits per heavy atom. The molecule has 0 radical (unpaired) electrons. The van der Waals surface area contributed by atoms with Crippen LogP contribution >= 0.6 is 0 Å². The zero-order valence-corrected chi connectivity index (χ0v) is 15.9. The third-order valence-corrected chi connectivity index (χ3v) is 4.25. The molecule has 0 atom stereocenters. The fourth-order valence-electron chi connectivity index (χ4n) is 2.85. The number of hydrogen-bond acceptors (Lipinski definition) is 5. The van der Waals surface area contributed by atoms with Gasteiger partial charge in [-0.1, -0.05) is 65.8 Å². The van der Waals surface area contributed by atoms with Crippen LogP contribution in [0.3, 0.4) is 0 Å². The smallest absolute Gasteiger partial charge is 0.264 e. The van der Waals surface area contributed by atoms with Crippen LogP contribution in [0.1, 0.15) is 27.2 Å². The summed E-state index contributed by atoms with van der Waals surface area (Å²) < 4.78 is 12.6. The number of nitrogens with zero attached hydrogens (tertiary/aromatic N) is 3. The molecule has 0 bridgehead atoms. The second-order valence-corrected chi connectivity index (χ2v) is 6.58. The van der Waals surface area contributed by atoms with Crippen molar-refractivity contribution in [2.45, 2.75) is 20.1 Å². The Labute approximate surface area is 167 Å². The van der Waals surface area contributed by atoms with E-state index in [4.69, 9.17) is 9.26 Å². The lowest BCUT2D eigenvalue weighted by atomic mass is 10.2. The molecule has 0 aliphatic rings. The molecule has 2 aromatic heterocycles. The maximum absolute atomic E-state index is 12.8. The van der Waals surface area contributed by atoms with E-state index in [0.717, 1.165) is 11.1 Å². The normalized spacial score (nSPS) is 10.7. The highest BCUT2D eigenvalue weighted by molar-refractivity contribution is 6.05. The maximum Gasteiger partial charge on any atom is 0.264 e. The molecule has 0 spiro atoms. The number of ether oxygens (including phenoxy) is 1. The molecular formula is C22H20N4O3. The summed E-state index contributed by atoms with van der Waals surface area (Å²) >= 11 is 0. The van der Waals surface area contributed by atoms with Gasteiger partial charge in [-0.2, -0.15) is 0 Å². The van der Waals surface area contributed by atoms with E-state index in [9.17, 15) is 4.79 Å². The van der Waals surface area contributed by atoms with E-state index in [1.807, 2.05) is 60.7 Å². The van der Waals surface area contributed by atoms with E-state index in [1.165, 1.54) is 0 Å². The molecule has 4 aromatic rings. The van der Waals surface area contributed by atoms with E-state index in [0.29, 0.717) is 30.3 Å². The Hall–Kier alpha value is -3.87. The molecule has 4 rings (SSSR count). The molecule has 7 nitrogen and oxygen atoms in total.